The van der Waals surface area contributed by atoms with Crippen molar-refractivity contribution in [3.05, 3.63) is 80.6 Å². The summed E-state index contributed by atoms with van der Waals surface area (Å²) in [5, 5.41) is 0. The average Bonchev–Trinajstić information content (AvgIpc) is 3.93. The summed E-state index contributed by atoms with van der Waals surface area (Å²) in [6.45, 7) is -0.0151. The molecule has 0 amide bonds. The van der Waals surface area contributed by atoms with Gasteiger partial charge in [0, 0.05) is 23.7 Å². The number of halogens is 3. The van der Waals surface area contributed by atoms with E-state index in [1.54, 1.807) is 28.8 Å². The van der Waals surface area contributed by atoms with Gasteiger partial charge in [-0.15, -0.1) is 0 Å². The van der Waals surface area contributed by atoms with Gasteiger partial charge in [-0.25, -0.2) is 24.9 Å². The van der Waals surface area contributed by atoms with Crippen molar-refractivity contribution in [3.8, 4) is 28.7 Å². The average molecular weight is 577 g/mol. The molecule has 214 valence electrons. The van der Waals surface area contributed by atoms with E-state index in [0.29, 0.717) is 22.6 Å². The van der Waals surface area contributed by atoms with E-state index in [1.807, 2.05) is 0 Å². The summed E-state index contributed by atoms with van der Waals surface area (Å²) in [7, 11) is 1.49. The molecule has 42 heavy (non-hydrogen) atoms. The Kier molecular flexibility index (Phi) is 5.95. The summed E-state index contributed by atoms with van der Waals surface area (Å²) < 4.78 is 48.4. The molecule has 2 fully saturated rings. The molecule has 1 aromatic carbocycles. The Morgan fingerprint density at radius 1 is 1.02 bits per heavy atom. The Bertz CT molecular complexity index is 1960. The molecule has 0 bridgehead atoms. The lowest BCUT2D eigenvalue weighted by molar-refractivity contribution is -0.140. The van der Waals surface area contributed by atoms with E-state index in [9.17, 15) is 22.8 Å². The summed E-state index contributed by atoms with van der Waals surface area (Å²) in [6, 6.07) is 6.69. The first kappa shape index (κ1) is 26.0. The number of hydrogen-bond acceptors (Lipinski definition) is 8. The molecular weight excluding hydrogens is 553 g/mol. The van der Waals surface area contributed by atoms with Crippen molar-refractivity contribution in [2.24, 2.45) is 0 Å². The van der Waals surface area contributed by atoms with Crippen LogP contribution in [0.2, 0.25) is 0 Å². The minimum atomic E-state index is -4.55. The number of fused-ring (bicyclic) bond motifs is 1. The highest BCUT2D eigenvalue weighted by molar-refractivity contribution is 5.74. The summed E-state index contributed by atoms with van der Waals surface area (Å²) in [6.07, 6.45) is 2.89. The third kappa shape index (κ3) is 4.62. The molecule has 0 radical (unpaired) electrons. The molecule has 0 aliphatic heterocycles. The monoisotopic (exact) mass is 576 g/mol. The van der Waals surface area contributed by atoms with E-state index < -0.39 is 23.0 Å². The van der Waals surface area contributed by atoms with Gasteiger partial charge in [-0.2, -0.15) is 13.2 Å². The van der Waals surface area contributed by atoms with Crippen LogP contribution in [0.4, 0.5) is 13.2 Å². The zero-order valence-electron chi connectivity index (χ0n) is 22.2. The van der Waals surface area contributed by atoms with Crippen LogP contribution in [0.3, 0.4) is 0 Å². The van der Waals surface area contributed by atoms with Crippen LogP contribution in [0.25, 0.3) is 33.9 Å². The number of imidazole rings is 1. The Balaban J connectivity index is 1.28. The van der Waals surface area contributed by atoms with Gasteiger partial charge in [0.2, 0.25) is 5.88 Å². The second-order valence-electron chi connectivity index (χ2n) is 10.5. The Hall–Kier alpha value is -4.88. The van der Waals surface area contributed by atoms with Crippen LogP contribution < -0.4 is 15.9 Å². The molecule has 14 heteroatoms. The lowest BCUT2D eigenvalue weighted by atomic mass is 10.1. The largest absolute Gasteiger partial charge is 0.480 e. The number of rotatable bonds is 7. The van der Waals surface area contributed by atoms with Crippen LogP contribution in [0.1, 0.15) is 54.6 Å². The molecular formula is C28H23F3N8O3. The fraction of sp³-hybridized carbons (Fsp3) is 0.321. The fourth-order valence-corrected chi connectivity index (χ4v) is 5.06. The standard InChI is InChI=1S/C28H23F3N8O3/c1-42-26-20(21(15-6-7-15)33-13-34-26)22-32-10-18-24(37-22)39(27(41)25(40)35-18)11-14-2-4-16(5-3-14)23-36-19(28(29,30)31)12-38(23)17-8-9-17/h2-5,10,12-13,15,17H,6-9,11H2,1H3,(H,35,40). The molecule has 0 unspecified atom stereocenters. The van der Waals surface area contributed by atoms with Crippen LogP contribution in [-0.2, 0) is 12.7 Å². The fourth-order valence-electron chi connectivity index (χ4n) is 5.06. The predicted molar refractivity (Wildman–Crippen MR) is 144 cm³/mol. The summed E-state index contributed by atoms with van der Waals surface area (Å²) in [4.78, 5) is 49.6. The van der Waals surface area contributed by atoms with Crippen LogP contribution in [0.15, 0.2) is 52.6 Å². The maximum absolute atomic E-state index is 13.4. The first-order valence-corrected chi connectivity index (χ1v) is 13.4. The van der Waals surface area contributed by atoms with Crippen molar-refractivity contribution in [3.63, 3.8) is 0 Å². The number of nitrogens with zero attached hydrogens (tertiary/aromatic N) is 7. The van der Waals surface area contributed by atoms with Crippen LogP contribution >= 0.6 is 0 Å². The van der Waals surface area contributed by atoms with Crippen molar-refractivity contribution in [1.82, 2.24) is 39.0 Å². The van der Waals surface area contributed by atoms with Crippen LogP contribution in [-0.4, -0.2) is 46.1 Å². The maximum Gasteiger partial charge on any atom is 0.434 e. The number of ether oxygens (including phenoxy) is 1. The molecule has 4 aromatic heterocycles. The zero-order chi connectivity index (χ0) is 29.2. The number of aromatic amines is 1. The highest BCUT2D eigenvalue weighted by Gasteiger charge is 2.37. The minimum Gasteiger partial charge on any atom is -0.480 e. The molecule has 4 heterocycles. The smallest absolute Gasteiger partial charge is 0.434 e. The molecule has 2 aliphatic rings. The van der Waals surface area contributed by atoms with Crippen molar-refractivity contribution in [2.75, 3.05) is 7.11 Å². The van der Waals surface area contributed by atoms with Gasteiger partial charge in [0.05, 0.1) is 25.5 Å². The van der Waals surface area contributed by atoms with E-state index >= 15 is 0 Å². The highest BCUT2D eigenvalue weighted by Crippen LogP contribution is 2.45. The lowest BCUT2D eigenvalue weighted by Crippen LogP contribution is -2.37. The number of H-pyrrole nitrogens is 1. The van der Waals surface area contributed by atoms with Crippen molar-refractivity contribution < 1.29 is 17.9 Å². The van der Waals surface area contributed by atoms with Gasteiger partial charge in [-0.05, 0) is 31.2 Å². The summed E-state index contributed by atoms with van der Waals surface area (Å²) in [5.74, 6) is 1.02. The van der Waals surface area contributed by atoms with Gasteiger partial charge in [0.15, 0.2) is 17.2 Å². The van der Waals surface area contributed by atoms with E-state index in [2.05, 4.69) is 29.9 Å². The second kappa shape index (κ2) is 9.60. The molecule has 11 nitrogen and oxygen atoms in total. The third-order valence-corrected chi connectivity index (χ3v) is 7.45. The first-order chi connectivity index (χ1) is 20.2. The van der Waals surface area contributed by atoms with Crippen molar-refractivity contribution in [2.45, 2.75) is 50.4 Å². The number of aromatic nitrogens is 8. The van der Waals surface area contributed by atoms with E-state index in [4.69, 9.17) is 4.74 Å². The number of benzene rings is 1. The van der Waals surface area contributed by atoms with E-state index in [-0.39, 0.29) is 41.3 Å². The SMILES string of the molecule is COc1ncnc(C2CC2)c1-c1ncc2[nH]c(=O)c(=O)n(Cc3ccc(-c4nc(C(F)(F)F)cn4C4CC4)cc3)c2n1. The van der Waals surface area contributed by atoms with Crippen molar-refractivity contribution in [1.29, 1.82) is 0 Å². The van der Waals surface area contributed by atoms with Gasteiger partial charge < -0.3 is 14.3 Å². The molecule has 0 spiro atoms. The Morgan fingerprint density at radius 3 is 2.45 bits per heavy atom. The van der Waals surface area contributed by atoms with Crippen molar-refractivity contribution >= 4 is 11.2 Å². The Labute approximate surface area is 235 Å². The molecule has 7 rings (SSSR count). The molecule has 0 saturated heterocycles. The minimum absolute atomic E-state index is 0.00721. The first-order valence-electron chi connectivity index (χ1n) is 13.4. The zero-order valence-corrected chi connectivity index (χ0v) is 22.2. The molecule has 2 aliphatic carbocycles. The summed E-state index contributed by atoms with van der Waals surface area (Å²) in [5.41, 5.74) is 0.308. The van der Waals surface area contributed by atoms with Crippen LogP contribution in [0.5, 0.6) is 5.88 Å². The maximum atomic E-state index is 13.4. The lowest BCUT2D eigenvalue weighted by Gasteiger charge is -2.13. The summed E-state index contributed by atoms with van der Waals surface area (Å²) >= 11 is 0. The van der Waals surface area contributed by atoms with Crippen LogP contribution in [0, 0.1) is 0 Å². The second-order valence-corrected chi connectivity index (χ2v) is 10.5. The van der Waals surface area contributed by atoms with Gasteiger partial charge >= 0.3 is 17.3 Å². The molecule has 0 atom stereocenters. The number of hydrogen-bond donors (Lipinski definition) is 1. The van der Waals surface area contributed by atoms with E-state index in [0.717, 1.165) is 37.6 Å². The number of nitrogens with one attached hydrogen (secondary N) is 1. The van der Waals surface area contributed by atoms with E-state index in [1.165, 1.54) is 24.2 Å². The van der Waals surface area contributed by atoms with Gasteiger partial charge in [0.25, 0.3) is 0 Å². The molecule has 1 N–H and O–H groups in total. The van der Waals surface area contributed by atoms with Gasteiger partial charge in [-0.3, -0.25) is 14.2 Å². The van der Waals surface area contributed by atoms with Gasteiger partial charge in [0.1, 0.15) is 23.2 Å². The third-order valence-electron chi connectivity index (χ3n) is 7.45. The number of methoxy groups -OCH3 is 1. The highest BCUT2D eigenvalue weighted by atomic mass is 19.4. The predicted octanol–water partition coefficient (Wildman–Crippen LogP) is 4.09. The van der Waals surface area contributed by atoms with Gasteiger partial charge in [-0.1, -0.05) is 24.3 Å². The molecule has 5 aromatic rings. The Morgan fingerprint density at radius 2 is 1.79 bits per heavy atom. The molecule has 2 saturated carbocycles. The normalized spacial score (nSPS) is 15.3. The topological polar surface area (TPSA) is 133 Å². The quantitative estimate of drug-likeness (QED) is 0.287. The number of alkyl halides is 3.